The lowest BCUT2D eigenvalue weighted by Crippen LogP contribution is -2.28. The average Bonchev–Trinajstić information content (AvgIpc) is 3.06. The third kappa shape index (κ3) is 4.21. The van der Waals surface area contributed by atoms with Crippen LogP contribution in [0.1, 0.15) is 49.3 Å². The van der Waals surface area contributed by atoms with E-state index in [0.717, 1.165) is 23.4 Å². The Labute approximate surface area is 161 Å². The summed E-state index contributed by atoms with van der Waals surface area (Å²) in [7, 11) is 0. The summed E-state index contributed by atoms with van der Waals surface area (Å²) in [5, 5.41) is 2.96. The number of rotatable bonds is 5. The first kappa shape index (κ1) is 19.2. The SMILES string of the molecule is CC[C@H](C)c1ccc(NC(=O)[C@@H]2CC(=O)N(c3ccc(C)c(C)c3)C2)cc1. The highest BCUT2D eigenvalue weighted by Crippen LogP contribution is 2.28. The van der Waals surface area contributed by atoms with E-state index < -0.39 is 0 Å². The largest absolute Gasteiger partial charge is 0.326 e. The molecule has 4 nitrogen and oxygen atoms in total. The molecule has 4 heteroatoms. The van der Waals surface area contributed by atoms with E-state index in [-0.39, 0.29) is 24.2 Å². The molecule has 2 atom stereocenters. The van der Waals surface area contributed by atoms with Gasteiger partial charge in [0.1, 0.15) is 0 Å². The van der Waals surface area contributed by atoms with Crippen molar-refractivity contribution in [2.75, 3.05) is 16.8 Å². The zero-order valence-corrected chi connectivity index (χ0v) is 16.6. The molecule has 1 N–H and O–H groups in total. The van der Waals surface area contributed by atoms with Gasteiger partial charge in [0.15, 0.2) is 0 Å². The number of hydrogen-bond acceptors (Lipinski definition) is 2. The van der Waals surface area contributed by atoms with E-state index in [9.17, 15) is 9.59 Å². The molecule has 1 fully saturated rings. The van der Waals surface area contributed by atoms with Gasteiger partial charge in [-0.15, -0.1) is 0 Å². The second-order valence-corrected chi connectivity index (χ2v) is 7.59. The molecule has 2 aromatic carbocycles. The quantitative estimate of drug-likeness (QED) is 0.828. The number of carbonyl (C=O) groups excluding carboxylic acids is 2. The summed E-state index contributed by atoms with van der Waals surface area (Å²) in [6.45, 7) is 8.87. The van der Waals surface area contributed by atoms with Gasteiger partial charge < -0.3 is 10.2 Å². The van der Waals surface area contributed by atoms with Crippen LogP contribution < -0.4 is 10.2 Å². The van der Waals surface area contributed by atoms with Crippen molar-refractivity contribution in [3.63, 3.8) is 0 Å². The molecule has 0 aromatic heterocycles. The Balaban J connectivity index is 1.66. The van der Waals surface area contributed by atoms with Gasteiger partial charge in [0.25, 0.3) is 0 Å². The van der Waals surface area contributed by atoms with E-state index in [1.165, 1.54) is 11.1 Å². The Morgan fingerprint density at radius 1 is 1.15 bits per heavy atom. The molecule has 27 heavy (non-hydrogen) atoms. The minimum absolute atomic E-state index is 0.00511. The molecule has 0 bridgehead atoms. The minimum atomic E-state index is -0.326. The number of aryl methyl sites for hydroxylation is 2. The molecule has 142 valence electrons. The van der Waals surface area contributed by atoms with E-state index in [2.05, 4.69) is 31.3 Å². The van der Waals surface area contributed by atoms with Gasteiger partial charge in [0, 0.05) is 24.3 Å². The van der Waals surface area contributed by atoms with Crippen LogP contribution in [0.25, 0.3) is 0 Å². The number of carbonyl (C=O) groups is 2. The molecule has 2 amide bonds. The standard InChI is InChI=1S/C23H28N2O2/c1-5-15(2)18-7-9-20(10-8-18)24-23(27)19-13-22(26)25(14-19)21-11-6-16(3)17(4)12-21/h6-12,15,19H,5,13-14H2,1-4H3,(H,24,27)/t15-,19+/m0/s1. The molecular weight excluding hydrogens is 336 g/mol. The summed E-state index contributed by atoms with van der Waals surface area (Å²) in [6.07, 6.45) is 1.34. The molecule has 0 radical (unpaired) electrons. The first-order chi connectivity index (χ1) is 12.9. The maximum atomic E-state index is 12.6. The van der Waals surface area contributed by atoms with E-state index in [0.29, 0.717) is 12.5 Å². The molecule has 1 aliphatic heterocycles. The predicted octanol–water partition coefficient (Wildman–Crippen LogP) is 4.81. The first-order valence-electron chi connectivity index (χ1n) is 9.67. The molecule has 0 saturated carbocycles. The van der Waals surface area contributed by atoms with Crippen LogP contribution in [0, 0.1) is 19.8 Å². The van der Waals surface area contributed by atoms with Gasteiger partial charge in [0.05, 0.1) is 5.92 Å². The van der Waals surface area contributed by atoms with Crippen LogP contribution in [-0.4, -0.2) is 18.4 Å². The van der Waals surface area contributed by atoms with E-state index in [1.807, 2.05) is 44.2 Å². The molecule has 0 aliphatic carbocycles. The summed E-state index contributed by atoms with van der Waals surface area (Å²) in [6, 6.07) is 14.0. The van der Waals surface area contributed by atoms with Gasteiger partial charge in [-0.25, -0.2) is 0 Å². The minimum Gasteiger partial charge on any atom is -0.326 e. The molecule has 2 aromatic rings. The van der Waals surface area contributed by atoms with Crippen molar-refractivity contribution in [2.24, 2.45) is 5.92 Å². The van der Waals surface area contributed by atoms with Crippen molar-refractivity contribution in [1.29, 1.82) is 0 Å². The van der Waals surface area contributed by atoms with Crippen molar-refractivity contribution < 1.29 is 9.59 Å². The average molecular weight is 364 g/mol. The summed E-state index contributed by atoms with van der Waals surface area (Å²) >= 11 is 0. The lowest BCUT2D eigenvalue weighted by molar-refractivity contribution is -0.122. The van der Waals surface area contributed by atoms with Crippen molar-refractivity contribution in [1.82, 2.24) is 0 Å². The fourth-order valence-corrected chi connectivity index (χ4v) is 3.40. The lowest BCUT2D eigenvalue weighted by Gasteiger charge is -2.18. The molecular formula is C23H28N2O2. The predicted molar refractivity (Wildman–Crippen MR) is 110 cm³/mol. The molecule has 1 saturated heterocycles. The maximum absolute atomic E-state index is 12.6. The van der Waals surface area contributed by atoms with Gasteiger partial charge in [-0.2, -0.15) is 0 Å². The molecule has 0 spiro atoms. The topological polar surface area (TPSA) is 49.4 Å². The number of nitrogens with one attached hydrogen (secondary N) is 1. The smallest absolute Gasteiger partial charge is 0.229 e. The lowest BCUT2D eigenvalue weighted by atomic mass is 9.98. The van der Waals surface area contributed by atoms with E-state index in [1.54, 1.807) is 4.90 Å². The van der Waals surface area contributed by atoms with Gasteiger partial charge in [-0.05, 0) is 67.1 Å². The Bertz CT molecular complexity index is 842. The van der Waals surface area contributed by atoms with Gasteiger partial charge in [-0.1, -0.05) is 32.0 Å². The number of nitrogens with zero attached hydrogens (tertiary/aromatic N) is 1. The van der Waals surface area contributed by atoms with Crippen LogP contribution in [0.3, 0.4) is 0 Å². The maximum Gasteiger partial charge on any atom is 0.229 e. The van der Waals surface area contributed by atoms with Crippen LogP contribution >= 0.6 is 0 Å². The van der Waals surface area contributed by atoms with Crippen molar-refractivity contribution >= 4 is 23.2 Å². The van der Waals surface area contributed by atoms with Gasteiger partial charge in [0.2, 0.25) is 11.8 Å². The number of benzene rings is 2. The fourth-order valence-electron chi connectivity index (χ4n) is 3.40. The Kier molecular flexibility index (Phi) is 5.64. The fraction of sp³-hybridized carbons (Fsp3) is 0.391. The Morgan fingerprint density at radius 2 is 1.85 bits per heavy atom. The Hall–Kier alpha value is -2.62. The van der Waals surface area contributed by atoms with Crippen LogP contribution in [0.15, 0.2) is 42.5 Å². The number of amides is 2. The highest BCUT2D eigenvalue weighted by molar-refractivity contribution is 6.03. The zero-order chi connectivity index (χ0) is 19.6. The Morgan fingerprint density at radius 3 is 2.48 bits per heavy atom. The number of anilines is 2. The zero-order valence-electron chi connectivity index (χ0n) is 16.6. The highest BCUT2D eigenvalue weighted by Gasteiger charge is 2.35. The second-order valence-electron chi connectivity index (χ2n) is 7.59. The summed E-state index contributed by atoms with van der Waals surface area (Å²) < 4.78 is 0. The van der Waals surface area contributed by atoms with Crippen molar-refractivity contribution in [2.45, 2.75) is 46.5 Å². The third-order valence-electron chi connectivity index (χ3n) is 5.66. The summed E-state index contributed by atoms with van der Waals surface area (Å²) in [4.78, 5) is 26.8. The van der Waals surface area contributed by atoms with Gasteiger partial charge in [-0.3, -0.25) is 9.59 Å². The first-order valence-corrected chi connectivity index (χ1v) is 9.67. The normalized spacial score (nSPS) is 17.9. The monoisotopic (exact) mass is 364 g/mol. The van der Waals surface area contributed by atoms with E-state index in [4.69, 9.17) is 0 Å². The van der Waals surface area contributed by atoms with Crippen LogP contribution in [0.4, 0.5) is 11.4 Å². The highest BCUT2D eigenvalue weighted by atomic mass is 16.2. The second kappa shape index (κ2) is 7.95. The molecule has 0 unspecified atom stereocenters. The van der Waals surface area contributed by atoms with Crippen LogP contribution in [0.2, 0.25) is 0 Å². The van der Waals surface area contributed by atoms with Crippen LogP contribution in [-0.2, 0) is 9.59 Å². The summed E-state index contributed by atoms with van der Waals surface area (Å²) in [5.74, 6) is 0.0959. The van der Waals surface area contributed by atoms with Crippen molar-refractivity contribution in [3.05, 3.63) is 59.2 Å². The van der Waals surface area contributed by atoms with E-state index >= 15 is 0 Å². The van der Waals surface area contributed by atoms with Gasteiger partial charge >= 0.3 is 0 Å². The third-order valence-corrected chi connectivity index (χ3v) is 5.66. The molecule has 1 heterocycles. The summed E-state index contributed by atoms with van der Waals surface area (Å²) in [5.41, 5.74) is 5.27. The van der Waals surface area contributed by atoms with Crippen molar-refractivity contribution in [3.8, 4) is 0 Å². The molecule has 3 rings (SSSR count). The number of hydrogen-bond donors (Lipinski definition) is 1. The molecule has 1 aliphatic rings. The van der Waals surface area contributed by atoms with Crippen LogP contribution in [0.5, 0.6) is 0 Å².